The molecule has 9 rings (SSSR count). The van der Waals surface area contributed by atoms with Crippen molar-refractivity contribution in [1.29, 1.82) is 0 Å². The molecule has 0 saturated carbocycles. The van der Waals surface area contributed by atoms with Crippen molar-refractivity contribution in [2.45, 2.75) is 130 Å². The molecule has 3 aliphatic heterocycles. The lowest BCUT2D eigenvalue weighted by Gasteiger charge is -2.28. The van der Waals surface area contributed by atoms with E-state index in [1.807, 2.05) is 0 Å². The third-order valence-electron chi connectivity index (χ3n) is 15.8. The van der Waals surface area contributed by atoms with Gasteiger partial charge in [0.1, 0.15) is 6.54 Å². The number of benzene rings is 4. The Kier molecular flexibility index (Phi) is 10.9. The van der Waals surface area contributed by atoms with E-state index in [0.29, 0.717) is 6.54 Å². The van der Waals surface area contributed by atoms with Crippen LogP contribution in [0.2, 0.25) is 0 Å². The van der Waals surface area contributed by atoms with Crippen LogP contribution in [0.1, 0.15) is 142 Å². The zero-order valence-electron chi connectivity index (χ0n) is 40.4. The number of amides is 2. The van der Waals surface area contributed by atoms with Crippen molar-refractivity contribution in [2.75, 3.05) is 42.5 Å². The Hall–Kier alpha value is -5.49. The minimum Gasteiger partial charge on any atom is -0.372 e. The second-order valence-corrected chi connectivity index (χ2v) is 20.8. The number of rotatable bonds is 14. The number of anilines is 2. The third-order valence-corrected chi connectivity index (χ3v) is 15.8. The molecule has 2 amide bonds. The second kappa shape index (κ2) is 15.9. The monoisotopic (exact) mass is 854 g/mol. The van der Waals surface area contributed by atoms with Crippen LogP contribution in [0.3, 0.4) is 0 Å². The summed E-state index contributed by atoms with van der Waals surface area (Å²) in [5.74, 6) is -0.368. The highest BCUT2D eigenvalue weighted by atomic mass is 16.2. The Morgan fingerprint density at radius 1 is 0.594 bits per heavy atom. The van der Waals surface area contributed by atoms with E-state index in [2.05, 4.69) is 175 Å². The van der Waals surface area contributed by atoms with E-state index in [1.54, 1.807) is 0 Å². The number of carbonyl (C=O) groups excluding carboxylic acids is 2. The largest absolute Gasteiger partial charge is 0.372 e. The fourth-order valence-electron chi connectivity index (χ4n) is 12.3. The molecule has 4 aromatic carbocycles. The van der Waals surface area contributed by atoms with Crippen LogP contribution in [0.25, 0.3) is 22.3 Å². The first-order chi connectivity index (χ1) is 30.5. The number of hydrogen-bond acceptors (Lipinski definition) is 4. The molecule has 0 radical (unpaired) electrons. The lowest BCUT2D eigenvalue weighted by molar-refractivity contribution is -0.433. The standard InChI is InChI=1S/C58H69N4O2/c1-12-59(13-2)47-37-45-54(53-52(47)39-26-19-21-28-42(39)58(53,10)11)60(14-3)48(57(45,8)9)29-24-30-49-56(6,7)44-35-40-38-25-18-20-27-41(38)55(4,5)43(40)36-46(44)61(49)33-22-16-15-17-23-34-62-50(63)31-32-51(62)64/h18-21,24-32,35-37H,12-17,22-23,33-34H2,1-11H3/q+1. The maximum Gasteiger partial charge on any atom is 0.253 e. The maximum atomic E-state index is 12.1. The fourth-order valence-corrected chi connectivity index (χ4v) is 12.3. The number of allylic oxidation sites excluding steroid dienone is 4. The van der Waals surface area contributed by atoms with Crippen LogP contribution in [0.15, 0.2) is 103 Å². The topological polar surface area (TPSA) is 46.9 Å². The summed E-state index contributed by atoms with van der Waals surface area (Å²) in [6.45, 7) is 30.5. The normalized spacial score (nSPS) is 19.5. The van der Waals surface area contributed by atoms with Gasteiger partial charge in [-0.1, -0.05) is 115 Å². The molecule has 6 heteroatoms. The molecule has 0 spiro atoms. The van der Waals surface area contributed by atoms with Gasteiger partial charge in [0.25, 0.3) is 11.8 Å². The first-order valence-electron chi connectivity index (χ1n) is 24.2. The van der Waals surface area contributed by atoms with E-state index in [-0.39, 0.29) is 33.5 Å². The van der Waals surface area contributed by atoms with Crippen LogP contribution in [-0.2, 0) is 31.2 Å². The van der Waals surface area contributed by atoms with Gasteiger partial charge in [-0.2, -0.15) is 4.58 Å². The van der Waals surface area contributed by atoms with Crippen molar-refractivity contribution in [3.63, 3.8) is 0 Å². The van der Waals surface area contributed by atoms with Gasteiger partial charge in [-0.15, -0.1) is 0 Å². The van der Waals surface area contributed by atoms with Crippen molar-refractivity contribution < 1.29 is 14.2 Å². The van der Waals surface area contributed by atoms with Gasteiger partial charge in [-0.3, -0.25) is 14.5 Å². The summed E-state index contributed by atoms with van der Waals surface area (Å²) in [5.41, 5.74) is 20.2. The zero-order chi connectivity index (χ0) is 45.5. The van der Waals surface area contributed by atoms with Gasteiger partial charge in [-0.25, -0.2) is 0 Å². The SMILES string of the molecule is CCN(CC)c1cc2c(c3c1-c1ccccc1C3(C)C)[N+](CC)=C(/C=C/C=C1/N(CCCCCCCN3C(=O)C=CC3=O)c3cc4c(cc3C1(C)C)-c1ccccc1C4(C)C)C2(C)C. The molecule has 64 heavy (non-hydrogen) atoms. The molecule has 0 N–H and O–H groups in total. The van der Waals surface area contributed by atoms with Gasteiger partial charge in [0.05, 0.1) is 5.41 Å². The highest BCUT2D eigenvalue weighted by Gasteiger charge is 2.52. The van der Waals surface area contributed by atoms with Crippen molar-refractivity contribution >= 4 is 34.6 Å². The van der Waals surface area contributed by atoms with Gasteiger partial charge in [-0.05, 0) is 111 Å². The predicted molar refractivity (Wildman–Crippen MR) is 267 cm³/mol. The van der Waals surface area contributed by atoms with Crippen LogP contribution in [0.5, 0.6) is 0 Å². The first-order valence-corrected chi connectivity index (χ1v) is 24.2. The average molecular weight is 854 g/mol. The summed E-state index contributed by atoms with van der Waals surface area (Å²) < 4.78 is 2.63. The number of carbonyl (C=O) groups is 2. The predicted octanol–water partition coefficient (Wildman–Crippen LogP) is 12.7. The molecule has 3 heterocycles. The van der Waals surface area contributed by atoms with Crippen LogP contribution in [0.4, 0.5) is 17.1 Å². The van der Waals surface area contributed by atoms with Gasteiger partial charge >= 0.3 is 0 Å². The number of imide groups is 1. The summed E-state index contributed by atoms with van der Waals surface area (Å²) in [5, 5.41) is 0. The van der Waals surface area contributed by atoms with E-state index < -0.39 is 0 Å². The molecule has 6 nitrogen and oxygen atoms in total. The highest BCUT2D eigenvalue weighted by Crippen LogP contribution is 2.60. The minimum absolute atomic E-state index is 0.0820. The minimum atomic E-state index is -0.211. The highest BCUT2D eigenvalue weighted by molar-refractivity contribution is 6.13. The Morgan fingerprint density at radius 2 is 1.19 bits per heavy atom. The summed E-state index contributed by atoms with van der Waals surface area (Å²) in [6, 6.07) is 25.7. The molecule has 5 aliphatic rings. The molecule has 4 aromatic rings. The lowest BCUT2D eigenvalue weighted by Crippen LogP contribution is -2.30. The second-order valence-electron chi connectivity index (χ2n) is 20.8. The summed E-state index contributed by atoms with van der Waals surface area (Å²) in [4.78, 5) is 30.7. The quantitative estimate of drug-likeness (QED) is 0.0720. The lowest BCUT2D eigenvalue weighted by atomic mass is 9.76. The van der Waals surface area contributed by atoms with Gasteiger partial charge in [0, 0.05) is 94.4 Å². The molecule has 332 valence electrons. The van der Waals surface area contributed by atoms with E-state index in [9.17, 15) is 9.59 Å². The van der Waals surface area contributed by atoms with Crippen LogP contribution >= 0.6 is 0 Å². The number of fused-ring (bicyclic) bond motifs is 9. The van der Waals surface area contributed by atoms with Crippen molar-refractivity contribution in [3.8, 4) is 22.3 Å². The van der Waals surface area contributed by atoms with Crippen LogP contribution in [-0.4, -0.2) is 59.7 Å². The third kappa shape index (κ3) is 6.51. The number of nitrogens with zero attached hydrogens (tertiary/aromatic N) is 4. The first kappa shape index (κ1) is 43.7. The molecule has 0 fully saturated rings. The van der Waals surface area contributed by atoms with Gasteiger partial charge in [0.15, 0.2) is 5.71 Å². The molecule has 0 unspecified atom stereocenters. The molecule has 0 atom stereocenters. The molecular formula is C58H69N4O2+. The van der Waals surface area contributed by atoms with Gasteiger partial charge in [0.2, 0.25) is 5.69 Å². The summed E-state index contributed by atoms with van der Waals surface area (Å²) in [7, 11) is 0. The average Bonchev–Trinajstić information content (AvgIpc) is 3.93. The molecule has 0 saturated heterocycles. The molecular weight excluding hydrogens is 785 g/mol. The summed E-state index contributed by atoms with van der Waals surface area (Å²) in [6.07, 6.45) is 15.0. The molecule has 2 aliphatic carbocycles. The summed E-state index contributed by atoms with van der Waals surface area (Å²) >= 11 is 0. The Balaban J connectivity index is 1.08. The van der Waals surface area contributed by atoms with E-state index in [1.165, 1.54) is 101 Å². The smallest absolute Gasteiger partial charge is 0.253 e. The molecule has 0 bridgehead atoms. The number of hydrogen-bond donors (Lipinski definition) is 0. The van der Waals surface area contributed by atoms with Crippen LogP contribution in [0, 0.1) is 0 Å². The Labute approximate surface area is 383 Å². The Bertz CT molecular complexity index is 2700. The fraction of sp³-hybridized carbons (Fsp3) is 0.431. The van der Waals surface area contributed by atoms with Crippen LogP contribution < -0.4 is 9.80 Å². The number of unbranched alkanes of at least 4 members (excludes halogenated alkanes) is 4. The van der Waals surface area contributed by atoms with E-state index in [0.717, 1.165) is 58.3 Å². The Morgan fingerprint density at radius 3 is 1.83 bits per heavy atom. The van der Waals surface area contributed by atoms with Gasteiger partial charge < -0.3 is 9.80 Å². The van der Waals surface area contributed by atoms with Crippen molar-refractivity contribution in [3.05, 3.63) is 136 Å². The van der Waals surface area contributed by atoms with Crippen molar-refractivity contribution in [1.82, 2.24) is 4.90 Å². The van der Waals surface area contributed by atoms with Crippen molar-refractivity contribution in [2.24, 2.45) is 0 Å². The molecule has 0 aromatic heterocycles. The maximum absolute atomic E-state index is 12.1. The van der Waals surface area contributed by atoms with E-state index in [4.69, 9.17) is 0 Å². The van der Waals surface area contributed by atoms with E-state index >= 15 is 0 Å². The zero-order valence-corrected chi connectivity index (χ0v) is 40.4.